The van der Waals surface area contributed by atoms with Crippen LogP contribution in [0.2, 0.25) is 0 Å². The van der Waals surface area contributed by atoms with E-state index < -0.39 is 0 Å². The molecule has 0 saturated heterocycles. The fraction of sp³-hybridized carbons (Fsp3) is 0.130. The van der Waals surface area contributed by atoms with E-state index >= 15 is 0 Å². The number of rotatable bonds is 3. The molecule has 0 aliphatic carbocycles. The van der Waals surface area contributed by atoms with Crippen LogP contribution in [0.15, 0.2) is 75.7 Å². The molecule has 0 atom stereocenters. The maximum absolute atomic E-state index is 5.24. The molecule has 0 saturated carbocycles. The predicted molar refractivity (Wildman–Crippen MR) is 123 cm³/mol. The lowest BCUT2D eigenvalue weighted by atomic mass is 10.1. The highest BCUT2D eigenvalue weighted by Gasteiger charge is 2.05. The van der Waals surface area contributed by atoms with Crippen LogP contribution in [-0.2, 0) is 0 Å². The molecule has 144 valence electrons. The van der Waals surface area contributed by atoms with Crippen LogP contribution in [0.1, 0.15) is 0 Å². The third-order valence-corrected chi connectivity index (χ3v) is 5.30. The van der Waals surface area contributed by atoms with E-state index in [0.717, 1.165) is 37.0 Å². The van der Waals surface area contributed by atoms with Gasteiger partial charge >= 0.3 is 0 Å². The van der Waals surface area contributed by atoms with Crippen molar-refractivity contribution in [3.05, 3.63) is 75.7 Å². The average Bonchev–Trinajstić information content (AvgIpc) is 2.72. The molecule has 0 bridgehead atoms. The van der Waals surface area contributed by atoms with Crippen molar-refractivity contribution < 1.29 is 14.2 Å². The van der Waals surface area contributed by atoms with Gasteiger partial charge < -0.3 is 14.2 Å². The molecule has 0 radical (unpaired) electrons. The van der Waals surface area contributed by atoms with E-state index in [1.165, 1.54) is 10.8 Å². The van der Waals surface area contributed by atoms with Crippen molar-refractivity contribution in [1.29, 1.82) is 0 Å². The molecular formula is C23H20Br2O3. The highest BCUT2D eigenvalue weighted by Crippen LogP contribution is 2.33. The summed E-state index contributed by atoms with van der Waals surface area (Å²) in [4.78, 5) is 0. The normalized spacial score (nSPS) is 10.3. The highest BCUT2D eigenvalue weighted by molar-refractivity contribution is 9.10. The van der Waals surface area contributed by atoms with Crippen molar-refractivity contribution in [1.82, 2.24) is 0 Å². The predicted octanol–water partition coefficient (Wildman–Crippen LogP) is 7.23. The van der Waals surface area contributed by atoms with Gasteiger partial charge in [0, 0.05) is 8.95 Å². The summed E-state index contributed by atoms with van der Waals surface area (Å²) >= 11 is 6.88. The first-order valence-corrected chi connectivity index (χ1v) is 10.2. The van der Waals surface area contributed by atoms with Gasteiger partial charge in [0.25, 0.3) is 0 Å². The molecule has 0 amide bonds. The van der Waals surface area contributed by atoms with Crippen LogP contribution in [0, 0.1) is 0 Å². The molecule has 0 aliphatic rings. The standard InChI is InChI=1S/C12H11BrO2.C11H9BrO/c1-14-11-6-8-3-4-10(13)5-9(8)7-12(11)15-2;1-13-11-5-3-8-6-10(12)4-2-9(8)7-11/h3-7H,1-2H3;2-7H,1H3. The van der Waals surface area contributed by atoms with Crippen LogP contribution < -0.4 is 14.2 Å². The van der Waals surface area contributed by atoms with Gasteiger partial charge in [-0.15, -0.1) is 0 Å². The van der Waals surface area contributed by atoms with Crippen molar-refractivity contribution in [2.24, 2.45) is 0 Å². The summed E-state index contributed by atoms with van der Waals surface area (Å²) in [6.45, 7) is 0. The zero-order valence-corrected chi connectivity index (χ0v) is 19.0. The maximum atomic E-state index is 5.24. The first kappa shape index (κ1) is 20.5. The maximum Gasteiger partial charge on any atom is 0.161 e. The first-order chi connectivity index (χ1) is 13.5. The van der Waals surface area contributed by atoms with Gasteiger partial charge in [-0.2, -0.15) is 0 Å². The molecule has 0 fully saturated rings. The summed E-state index contributed by atoms with van der Waals surface area (Å²) in [5.74, 6) is 2.41. The Kier molecular flexibility index (Phi) is 6.81. The minimum Gasteiger partial charge on any atom is -0.497 e. The average molecular weight is 504 g/mol. The van der Waals surface area contributed by atoms with Gasteiger partial charge in [-0.3, -0.25) is 0 Å². The Labute approximate surface area is 181 Å². The van der Waals surface area contributed by atoms with E-state index in [4.69, 9.17) is 14.2 Å². The van der Waals surface area contributed by atoms with Gasteiger partial charge in [0.15, 0.2) is 11.5 Å². The molecule has 0 unspecified atom stereocenters. The molecule has 0 aromatic heterocycles. The third-order valence-electron chi connectivity index (χ3n) is 4.31. The van der Waals surface area contributed by atoms with Crippen LogP contribution in [0.25, 0.3) is 21.5 Å². The lowest BCUT2D eigenvalue weighted by Crippen LogP contribution is -1.90. The number of benzene rings is 4. The Morgan fingerprint density at radius 1 is 0.500 bits per heavy atom. The van der Waals surface area contributed by atoms with Gasteiger partial charge in [0.2, 0.25) is 0 Å². The van der Waals surface area contributed by atoms with Gasteiger partial charge in [0.05, 0.1) is 21.3 Å². The molecular weight excluding hydrogens is 484 g/mol. The minimum absolute atomic E-state index is 0.753. The Morgan fingerprint density at radius 3 is 1.54 bits per heavy atom. The second kappa shape index (κ2) is 9.30. The Hall–Kier alpha value is -2.24. The quantitative estimate of drug-likeness (QED) is 0.295. The van der Waals surface area contributed by atoms with Crippen LogP contribution >= 0.6 is 31.9 Å². The Balaban J connectivity index is 0.000000162. The molecule has 0 spiro atoms. The topological polar surface area (TPSA) is 27.7 Å². The van der Waals surface area contributed by atoms with E-state index in [1.807, 2.05) is 42.5 Å². The van der Waals surface area contributed by atoms with E-state index in [1.54, 1.807) is 21.3 Å². The number of fused-ring (bicyclic) bond motifs is 2. The van der Waals surface area contributed by atoms with Gasteiger partial charge in [0.1, 0.15) is 5.75 Å². The summed E-state index contributed by atoms with van der Waals surface area (Å²) in [5.41, 5.74) is 0. The first-order valence-electron chi connectivity index (χ1n) is 8.58. The fourth-order valence-electron chi connectivity index (χ4n) is 2.87. The molecule has 0 heterocycles. The van der Waals surface area contributed by atoms with Crippen LogP contribution in [0.4, 0.5) is 0 Å². The molecule has 5 heteroatoms. The van der Waals surface area contributed by atoms with E-state index in [2.05, 4.69) is 56.1 Å². The van der Waals surface area contributed by atoms with E-state index in [9.17, 15) is 0 Å². The summed E-state index contributed by atoms with van der Waals surface area (Å²) in [6.07, 6.45) is 0. The van der Waals surface area contributed by atoms with Crippen LogP contribution in [0.5, 0.6) is 17.2 Å². The Morgan fingerprint density at radius 2 is 0.964 bits per heavy atom. The summed E-state index contributed by atoms with van der Waals surface area (Å²) < 4.78 is 17.8. The summed E-state index contributed by atoms with van der Waals surface area (Å²) in [6, 6.07) is 22.3. The van der Waals surface area contributed by atoms with Crippen molar-refractivity contribution >= 4 is 53.4 Å². The van der Waals surface area contributed by atoms with Crippen molar-refractivity contribution in [2.75, 3.05) is 21.3 Å². The summed E-state index contributed by atoms with van der Waals surface area (Å²) in [5, 5.41) is 4.68. The lowest BCUT2D eigenvalue weighted by Gasteiger charge is -2.09. The van der Waals surface area contributed by atoms with Gasteiger partial charge in [-0.05, 0) is 70.1 Å². The zero-order valence-electron chi connectivity index (χ0n) is 15.8. The molecule has 4 rings (SSSR count). The van der Waals surface area contributed by atoms with E-state index in [-0.39, 0.29) is 0 Å². The number of hydrogen-bond acceptors (Lipinski definition) is 3. The molecule has 0 N–H and O–H groups in total. The molecule has 4 aromatic carbocycles. The fourth-order valence-corrected chi connectivity index (χ4v) is 3.63. The smallest absolute Gasteiger partial charge is 0.161 e. The zero-order chi connectivity index (χ0) is 20.1. The molecule has 28 heavy (non-hydrogen) atoms. The molecule has 0 aliphatic heterocycles. The number of hydrogen-bond donors (Lipinski definition) is 0. The number of methoxy groups -OCH3 is 3. The van der Waals surface area contributed by atoms with Crippen molar-refractivity contribution in [2.45, 2.75) is 0 Å². The van der Waals surface area contributed by atoms with Gasteiger partial charge in [-0.1, -0.05) is 50.1 Å². The second-order valence-electron chi connectivity index (χ2n) is 6.06. The highest BCUT2D eigenvalue weighted by atomic mass is 79.9. The SMILES string of the molecule is COc1cc2ccc(Br)cc2cc1OC.COc1ccc2cc(Br)ccc2c1. The monoisotopic (exact) mass is 502 g/mol. The second-order valence-corrected chi connectivity index (χ2v) is 7.89. The number of halogens is 2. The third kappa shape index (κ3) is 4.78. The molecule has 4 aromatic rings. The van der Waals surface area contributed by atoms with Crippen LogP contribution in [0.3, 0.4) is 0 Å². The minimum atomic E-state index is 0.753. The largest absolute Gasteiger partial charge is 0.497 e. The van der Waals surface area contributed by atoms with Crippen molar-refractivity contribution in [3.8, 4) is 17.2 Å². The van der Waals surface area contributed by atoms with E-state index in [0.29, 0.717) is 0 Å². The lowest BCUT2D eigenvalue weighted by molar-refractivity contribution is 0.356. The van der Waals surface area contributed by atoms with Crippen LogP contribution in [-0.4, -0.2) is 21.3 Å². The number of ether oxygens (including phenoxy) is 3. The van der Waals surface area contributed by atoms with Crippen molar-refractivity contribution in [3.63, 3.8) is 0 Å². The Bertz CT molecular complexity index is 1110. The van der Waals surface area contributed by atoms with Gasteiger partial charge in [-0.25, -0.2) is 0 Å². The summed E-state index contributed by atoms with van der Waals surface area (Å²) in [7, 11) is 4.96. The molecule has 3 nitrogen and oxygen atoms in total.